The second-order valence-corrected chi connectivity index (χ2v) is 9.87. The minimum atomic E-state index is -3.49. The molecule has 1 N–H and O–H groups in total. The fraction of sp³-hybridized carbons (Fsp3) is 0.526. The molecule has 2 aromatic rings. The Morgan fingerprint density at radius 2 is 1.97 bits per heavy atom. The van der Waals surface area contributed by atoms with E-state index in [0.29, 0.717) is 32.6 Å². The molecule has 2 fully saturated rings. The zero-order valence-corrected chi connectivity index (χ0v) is 17.1. The van der Waals surface area contributed by atoms with Crippen molar-refractivity contribution in [1.29, 1.82) is 0 Å². The van der Waals surface area contributed by atoms with Crippen molar-refractivity contribution in [3.8, 4) is 0 Å². The van der Waals surface area contributed by atoms with Gasteiger partial charge in [0.2, 0.25) is 15.9 Å². The van der Waals surface area contributed by atoms with Gasteiger partial charge in [0.1, 0.15) is 0 Å². The van der Waals surface area contributed by atoms with Gasteiger partial charge in [-0.3, -0.25) is 4.79 Å². The predicted molar refractivity (Wildman–Crippen MR) is 105 cm³/mol. The molecule has 1 aromatic carbocycles. The number of rotatable bonds is 6. The lowest BCUT2D eigenvalue weighted by molar-refractivity contribution is 0.0750. The van der Waals surface area contributed by atoms with E-state index in [4.69, 9.17) is 4.42 Å². The van der Waals surface area contributed by atoms with E-state index < -0.39 is 15.3 Å². The van der Waals surface area contributed by atoms with Gasteiger partial charge in [-0.25, -0.2) is 12.7 Å². The van der Waals surface area contributed by atoms with Crippen molar-refractivity contribution in [3.05, 3.63) is 47.7 Å². The van der Waals surface area contributed by atoms with Gasteiger partial charge < -0.3 is 14.6 Å². The molecule has 156 valence electrons. The van der Waals surface area contributed by atoms with Crippen LogP contribution in [0.4, 0.5) is 0 Å². The molecule has 3 heterocycles. The summed E-state index contributed by atoms with van der Waals surface area (Å²) in [5.74, 6) is -0.0295. The number of hydrogen-bond acceptors (Lipinski definition) is 7. The Balaban J connectivity index is 1.40. The lowest BCUT2D eigenvalue weighted by atomic mass is 10.2. The molecule has 0 bridgehead atoms. The number of hydrogen-bond donors (Lipinski definition) is 1. The molecule has 2 atom stereocenters. The van der Waals surface area contributed by atoms with Crippen LogP contribution in [0.5, 0.6) is 0 Å². The Hall–Kier alpha value is -2.30. The van der Waals surface area contributed by atoms with Crippen LogP contribution in [0.3, 0.4) is 0 Å². The van der Waals surface area contributed by atoms with Crippen molar-refractivity contribution >= 4 is 15.9 Å². The molecule has 9 nitrogen and oxygen atoms in total. The number of amides is 1. The average Bonchev–Trinajstić information content (AvgIpc) is 3.49. The second-order valence-electron chi connectivity index (χ2n) is 7.55. The maximum atomic E-state index is 13.0. The Labute approximate surface area is 170 Å². The average molecular weight is 420 g/mol. The monoisotopic (exact) mass is 419 g/mol. The van der Waals surface area contributed by atoms with Gasteiger partial charge in [0.25, 0.3) is 0 Å². The Kier molecular flexibility index (Phi) is 5.66. The summed E-state index contributed by atoms with van der Waals surface area (Å²) in [6.07, 6.45) is 2.28. The van der Waals surface area contributed by atoms with Gasteiger partial charge in [-0.1, -0.05) is 30.3 Å². The molecule has 4 rings (SSSR count). The zero-order valence-electron chi connectivity index (χ0n) is 16.3. The number of aromatic nitrogens is 2. The maximum absolute atomic E-state index is 13.0. The van der Waals surface area contributed by atoms with Gasteiger partial charge in [-0.15, -0.1) is 10.2 Å². The van der Waals surface area contributed by atoms with Crippen molar-refractivity contribution < 1.29 is 17.6 Å². The van der Waals surface area contributed by atoms with Gasteiger partial charge in [-0.05, 0) is 24.8 Å². The Bertz CT molecular complexity index is 956. The molecular formula is C19H25N5O4S. The first kappa shape index (κ1) is 20.0. The Morgan fingerprint density at radius 3 is 2.69 bits per heavy atom. The van der Waals surface area contributed by atoms with E-state index in [9.17, 15) is 13.2 Å². The summed E-state index contributed by atoms with van der Waals surface area (Å²) in [4.78, 5) is 14.1. The van der Waals surface area contributed by atoms with Gasteiger partial charge >= 0.3 is 11.8 Å². The third-order valence-corrected chi connectivity index (χ3v) is 7.71. The van der Waals surface area contributed by atoms with Crippen molar-refractivity contribution in [1.82, 2.24) is 24.7 Å². The lowest BCUT2D eigenvalue weighted by Gasteiger charge is -2.21. The molecule has 0 spiro atoms. The SMILES string of the molecule is CN(Cc1ccccc1)S(=O)(=O)C1CNC(c2nnc(C(=O)N3CCCC3)o2)C1. The van der Waals surface area contributed by atoms with Crippen LogP contribution in [0.15, 0.2) is 34.7 Å². The van der Waals surface area contributed by atoms with E-state index in [0.717, 1.165) is 18.4 Å². The van der Waals surface area contributed by atoms with E-state index in [1.165, 1.54) is 4.31 Å². The summed E-state index contributed by atoms with van der Waals surface area (Å²) >= 11 is 0. The fourth-order valence-electron chi connectivity index (χ4n) is 3.82. The molecular weight excluding hydrogens is 394 g/mol. The first-order valence-corrected chi connectivity index (χ1v) is 11.3. The van der Waals surface area contributed by atoms with Crippen molar-refractivity contribution in [2.75, 3.05) is 26.7 Å². The van der Waals surface area contributed by atoms with E-state index in [1.807, 2.05) is 30.3 Å². The number of nitrogens with zero attached hydrogens (tertiary/aromatic N) is 4. The molecule has 0 saturated carbocycles. The van der Waals surface area contributed by atoms with Crippen LogP contribution in [0.1, 0.15) is 47.4 Å². The third kappa shape index (κ3) is 4.19. The van der Waals surface area contributed by atoms with Gasteiger partial charge in [0.15, 0.2) is 0 Å². The molecule has 1 aromatic heterocycles. The molecule has 2 unspecified atom stereocenters. The molecule has 2 aliphatic rings. The zero-order chi connectivity index (χ0) is 20.4. The van der Waals surface area contributed by atoms with Crippen molar-refractivity contribution in [2.45, 2.75) is 37.1 Å². The van der Waals surface area contributed by atoms with Crippen molar-refractivity contribution in [2.24, 2.45) is 0 Å². The predicted octanol–water partition coefficient (Wildman–Crippen LogP) is 1.17. The second kappa shape index (κ2) is 8.21. The molecule has 2 saturated heterocycles. The van der Waals surface area contributed by atoms with Crippen LogP contribution in [0, 0.1) is 0 Å². The topological polar surface area (TPSA) is 109 Å². The number of nitrogens with one attached hydrogen (secondary N) is 1. The molecule has 10 heteroatoms. The van der Waals surface area contributed by atoms with E-state index >= 15 is 0 Å². The molecule has 2 aliphatic heterocycles. The summed E-state index contributed by atoms with van der Waals surface area (Å²) in [5, 5.41) is 10.4. The molecule has 29 heavy (non-hydrogen) atoms. The number of carbonyl (C=O) groups is 1. The van der Waals surface area contributed by atoms with Crippen molar-refractivity contribution in [3.63, 3.8) is 0 Å². The Morgan fingerprint density at radius 1 is 1.24 bits per heavy atom. The standard InChI is InChI=1S/C19H25N5O4S/c1-23(13-14-7-3-2-4-8-14)29(26,27)15-11-16(20-12-15)17-21-22-18(28-17)19(25)24-9-5-6-10-24/h2-4,7-8,15-16,20H,5-6,9-13H2,1H3. The first-order chi connectivity index (χ1) is 13.9. The number of likely N-dealkylation sites (tertiary alicyclic amines) is 1. The van der Waals surface area contributed by atoms with E-state index in [2.05, 4.69) is 15.5 Å². The van der Waals surface area contributed by atoms with Crippen LogP contribution >= 0.6 is 0 Å². The summed E-state index contributed by atoms with van der Waals surface area (Å²) in [6.45, 7) is 2.02. The summed E-state index contributed by atoms with van der Waals surface area (Å²) in [7, 11) is -1.90. The van der Waals surface area contributed by atoms with Gasteiger partial charge in [-0.2, -0.15) is 0 Å². The van der Waals surface area contributed by atoms with E-state index in [-0.39, 0.29) is 23.7 Å². The van der Waals surface area contributed by atoms with Crippen LogP contribution in [-0.4, -0.2) is 65.7 Å². The number of sulfonamides is 1. The van der Waals surface area contributed by atoms with Crippen LogP contribution in [0.2, 0.25) is 0 Å². The normalized spacial score (nSPS) is 22.5. The molecule has 1 amide bonds. The third-order valence-electron chi connectivity index (χ3n) is 5.51. The van der Waals surface area contributed by atoms with Crippen LogP contribution in [-0.2, 0) is 16.6 Å². The highest BCUT2D eigenvalue weighted by atomic mass is 32.2. The lowest BCUT2D eigenvalue weighted by Crippen LogP contribution is -2.36. The highest BCUT2D eigenvalue weighted by Gasteiger charge is 2.39. The summed E-state index contributed by atoms with van der Waals surface area (Å²) in [6, 6.07) is 9.10. The quantitative estimate of drug-likeness (QED) is 0.749. The summed E-state index contributed by atoms with van der Waals surface area (Å²) < 4.78 is 32.9. The first-order valence-electron chi connectivity index (χ1n) is 9.80. The summed E-state index contributed by atoms with van der Waals surface area (Å²) in [5.41, 5.74) is 0.933. The largest absolute Gasteiger partial charge is 0.415 e. The number of benzene rings is 1. The molecule has 0 aliphatic carbocycles. The number of carbonyl (C=O) groups excluding carboxylic acids is 1. The van der Waals surface area contributed by atoms with Crippen LogP contribution in [0.25, 0.3) is 0 Å². The maximum Gasteiger partial charge on any atom is 0.311 e. The minimum Gasteiger partial charge on any atom is -0.415 e. The highest BCUT2D eigenvalue weighted by molar-refractivity contribution is 7.89. The highest BCUT2D eigenvalue weighted by Crippen LogP contribution is 2.28. The van der Waals surface area contributed by atoms with E-state index in [1.54, 1.807) is 11.9 Å². The molecule has 0 radical (unpaired) electrons. The minimum absolute atomic E-state index is 0.0313. The fourth-order valence-corrected chi connectivity index (χ4v) is 5.40. The van der Waals surface area contributed by atoms with Gasteiger partial charge in [0.05, 0.1) is 11.3 Å². The van der Waals surface area contributed by atoms with Gasteiger partial charge in [0, 0.05) is 33.2 Å². The van der Waals surface area contributed by atoms with Crippen LogP contribution < -0.4 is 5.32 Å². The smallest absolute Gasteiger partial charge is 0.311 e.